The number of furan rings is 1. The van der Waals surface area contributed by atoms with E-state index in [9.17, 15) is 0 Å². The molecule has 3 nitrogen and oxygen atoms in total. The molecular weight excluding hydrogens is 621 g/mol. The molecule has 1 aliphatic rings. The number of hydrogen-bond donors (Lipinski definition) is 0. The fraction of sp³-hybridized carbons (Fsp3) is 0.0625. The standard InChI is InChI=1S/C48H32N2O/c1-48(2)39-19-9-6-15-31(39)37-28-44-38(26-40(37)48)33-17-8-11-21-43(33)50(44)30-23-24-35-46(25-30)51-45-22-12-18-34(47(35)45)36-27-42(29-13-4-3-5-14-29)49-41-20-10-7-16-32(36)41/h3-28H,1-2H3. The summed E-state index contributed by atoms with van der Waals surface area (Å²) >= 11 is 0. The van der Waals surface area contributed by atoms with Crippen molar-refractivity contribution in [3.05, 3.63) is 169 Å². The number of nitrogens with zero attached hydrogens (tertiary/aromatic N) is 2. The quantitative estimate of drug-likeness (QED) is 0.190. The maximum absolute atomic E-state index is 6.72. The lowest BCUT2D eigenvalue weighted by atomic mass is 9.82. The van der Waals surface area contributed by atoms with E-state index in [4.69, 9.17) is 9.40 Å². The van der Waals surface area contributed by atoms with Crippen LogP contribution in [0, 0.1) is 0 Å². The highest BCUT2D eigenvalue weighted by molar-refractivity contribution is 6.16. The third-order valence-electron chi connectivity index (χ3n) is 11.2. The largest absolute Gasteiger partial charge is 0.456 e. The smallest absolute Gasteiger partial charge is 0.137 e. The SMILES string of the molecule is CC1(C)c2ccccc2-c2cc3c(cc21)c1ccccc1n3-c1ccc2c(c1)oc1cccc(-c3cc(-c4ccccc4)nc4ccccc34)c12. The zero-order valence-electron chi connectivity index (χ0n) is 28.3. The summed E-state index contributed by atoms with van der Waals surface area (Å²) in [5.74, 6) is 0. The van der Waals surface area contributed by atoms with Crippen LogP contribution in [0.2, 0.25) is 0 Å². The molecule has 0 amide bonds. The topological polar surface area (TPSA) is 31.0 Å². The van der Waals surface area contributed by atoms with Crippen molar-refractivity contribution >= 4 is 54.6 Å². The van der Waals surface area contributed by atoms with Gasteiger partial charge < -0.3 is 8.98 Å². The molecule has 0 unspecified atom stereocenters. The molecule has 7 aromatic carbocycles. The van der Waals surface area contributed by atoms with E-state index >= 15 is 0 Å². The third-order valence-corrected chi connectivity index (χ3v) is 11.2. The van der Waals surface area contributed by atoms with Gasteiger partial charge in [0.1, 0.15) is 11.2 Å². The second-order valence-electron chi connectivity index (χ2n) is 14.3. The van der Waals surface area contributed by atoms with Gasteiger partial charge in [-0.2, -0.15) is 0 Å². The lowest BCUT2D eigenvalue weighted by molar-refractivity contribution is 0.661. The van der Waals surface area contributed by atoms with Gasteiger partial charge in [0.15, 0.2) is 0 Å². The highest BCUT2D eigenvalue weighted by Gasteiger charge is 2.36. The summed E-state index contributed by atoms with van der Waals surface area (Å²) in [7, 11) is 0. The van der Waals surface area contributed by atoms with Crippen molar-refractivity contribution in [3.8, 4) is 39.2 Å². The molecule has 0 saturated heterocycles. The predicted molar refractivity (Wildman–Crippen MR) is 212 cm³/mol. The Morgan fingerprint density at radius 1 is 0.490 bits per heavy atom. The van der Waals surface area contributed by atoms with Crippen LogP contribution < -0.4 is 0 Å². The lowest BCUT2D eigenvalue weighted by Gasteiger charge is -2.21. The van der Waals surface area contributed by atoms with E-state index < -0.39 is 0 Å². The van der Waals surface area contributed by atoms with E-state index in [1.165, 1.54) is 44.1 Å². The first-order valence-electron chi connectivity index (χ1n) is 17.6. The minimum atomic E-state index is -0.0593. The maximum Gasteiger partial charge on any atom is 0.137 e. The molecule has 0 radical (unpaired) electrons. The molecule has 240 valence electrons. The summed E-state index contributed by atoms with van der Waals surface area (Å²) in [6.07, 6.45) is 0. The average molecular weight is 653 g/mol. The fourth-order valence-electron chi connectivity index (χ4n) is 8.77. The van der Waals surface area contributed by atoms with E-state index in [0.29, 0.717) is 0 Å². The zero-order valence-corrected chi connectivity index (χ0v) is 28.3. The van der Waals surface area contributed by atoms with Gasteiger partial charge in [-0.3, -0.25) is 0 Å². The van der Waals surface area contributed by atoms with Gasteiger partial charge in [-0.05, 0) is 81.9 Å². The molecule has 0 saturated carbocycles. The minimum absolute atomic E-state index is 0.0593. The maximum atomic E-state index is 6.72. The molecule has 0 bridgehead atoms. The molecule has 0 fully saturated rings. The Hall–Kier alpha value is -6.45. The number of fused-ring (bicyclic) bond motifs is 10. The highest BCUT2D eigenvalue weighted by atomic mass is 16.3. The first-order chi connectivity index (χ1) is 25.0. The van der Waals surface area contributed by atoms with Crippen molar-refractivity contribution in [2.45, 2.75) is 19.3 Å². The molecule has 0 N–H and O–H groups in total. The second kappa shape index (κ2) is 10.3. The predicted octanol–water partition coefficient (Wildman–Crippen LogP) is 12.9. The van der Waals surface area contributed by atoms with Gasteiger partial charge in [0, 0.05) is 49.7 Å². The van der Waals surface area contributed by atoms with E-state index in [1.54, 1.807) is 0 Å². The van der Waals surface area contributed by atoms with E-state index in [0.717, 1.165) is 60.9 Å². The van der Waals surface area contributed by atoms with Crippen LogP contribution in [-0.4, -0.2) is 9.55 Å². The highest BCUT2D eigenvalue weighted by Crippen LogP contribution is 2.51. The molecule has 11 rings (SSSR count). The van der Waals surface area contributed by atoms with Gasteiger partial charge in [-0.1, -0.05) is 117 Å². The number of rotatable bonds is 3. The van der Waals surface area contributed by atoms with Gasteiger partial charge in [-0.25, -0.2) is 4.98 Å². The van der Waals surface area contributed by atoms with Crippen LogP contribution in [0.4, 0.5) is 0 Å². The Balaban J connectivity index is 1.14. The summed E-state index contributed by atoms with van der Waals surface area (Å²) < 4.78 is 9.13. The van der Waals surface area contributed by atoms with E-state index in [1.807, 2.05) is 6.07 Å². The molecule has 0 atom stereocenters. The van der Waals surface area contributed by atoms with Gasteiger partial charge in [0.25, 0.3) is 0 Å². The number of para-hydroxylation sites is 2. The molecule has 0 spiro atoms. The fourth-order valence-corrected chi connectivity index (χ4v) is 8.77. The van der Waals surface area contributed by atoms with Crippen LogP contribution in [0.25, 0.3) is 93.8 Å². The summed E-state index contributed by atoms with van der Waals surface area (Å²) in [6, 6.07) is 56.7. The zero-order chi connectivity index (χ0) is 33.8. The summed E-state index contributed by atoms with van der Waals surface area (Å²) in [5.41, 5.74) is 15.9. The van der Waals surface area contributed by atoms with Crippen molar-refractivity contribution in [3.63, 3.8) is 0 Å². The molecule has 3 aromatic heterocycles. The Bertz CT molecular complexity index is 3050. The van der Waals surface area contributed by atoms with Crippen LogP contribution in [-0.2, 0) is 5.41 Å². The molecule has 3 heterocycles. The average Bonchev–Trinajstić information content (AvgIpc) is 3.79. The molecule has 1 aliphatic carbocycles. The second-order valence-corrected chi connectivity index (χ2v) is 14.3. The Morgan fingerprint density at radius 3 is 2.16 bits per heavy atom. The van der Waals surface area contributed by atoms with Crippen molar-refractivity contribution < 1.29 is 4.42 Å². The van der Waals surface area contributed by atoms with E-state index in [-0.39, 0.29) is 5.41 Å². The Kier molecular flexibility index (Phi) is 5.73. The van der Waals surface area contributed by atoms with Crippen LogP contribution in [0.3, 0.4) is 0 Å². The minimum Gasteiger partial charge on any atom is -0.456 e. The van der Waals surface area contributed by atoms with Crippen LogP contribution in [0.1, 0.15) is 25.0 Å². The number of aromatic nitrogens is 2. The van der Waals surface area contributed by atoms with Crippen molar-refractivity contribution in [2.24, 2.45) is 0 Å². The van der Waals surface area contributed by atoms with Crippen LogP contribution in [0.15, 0.2) is 162 Å². The van der Waals surface area contributed by atoms with Gasteiger partial charge >= 0.3 is 0 Å². The molecule has 51 heavy (non-hydrogen) atoms. The first-order valence-corrected chi connectivity index (χ1v) is 17.6. The van der Waals surface area contributed by atoms with Gasteiger partial charge in [-0.15, -0.1) is 0 Å². The van der Waals surface area contributed by atoms with Crippen molar-refractivity contribution in [1.29, 1.82) is 0 Å². The number of hydrogen-bond acceptors (Lipinski definition) is 2. The Labute approximate surface area is 295 Å². The van der Waals surface area contributed by atoms with Crippen molar-refractivity contribution in [2.75, 3.05) is 0 Å². The van der Waals surface area contributed by atoms with Gasteiger partial charge in [0.2, 0.25) is 0 Å². The van der Waals surface area contributed by atoms with Crippen LogP contribution >= 0.6 is 0 Å². The molecular formula is C48H32N2O. The molecule has 10 aromatic rings. The first kappa shape index (κ1) is 28.4. The number of pyridine rings is 1. The summed E-state index contributed by atoms with van der Waals surface area (Å²) in [5, 5.41) is 5.87. The summed E-state index contributed by atoms with van der Waals surface area (Å²) in [6.45, 7) is 4.70. The lowest BCUT2D eigenvalue weighted by Crippen LogP contribution is -2.14. The van der Waals surface area contributed by atoms with Crippen molar-refractivity contribution in [1.82, 2.24) is 9.55 Å². The van der Waals surface area contributed by atoms with Crippen LogP contribution in [0.5, 0.6) is 0 Å². The van der Waals surface area contributed by atoms with Gasteiger partial charge in [0.05, 0.1) is 22.2 Å². The number of benzene rings is 7. The molecule has 3 heteroatoms. The normalized spacial score (nSPS) is 13.5. The third kappa shape index (κ3) is 3.97. The molecule has 0 aliphatic heterocycles. The van der Waals surface area contributed by atoms with E-state index in [2.05, 4.69) is 170 Å². The monoisotopic (exact) mass is 652 g/mol. The summed E-state index contributed by atoms with van der Waals surface area (Å²) in [4.78, 5) is 5.07. The Morgan fingerprint density at radius 2 is 1.25 bits per heavy atom.